The van der Waals surface area contributed by atoms with Crippen LogP contribution in [0.5, 0.6) is 0 Å². The second kappa shape index (κ2) is 5.18. The van der Waals surface area contributed by atoms with Gasteiger partial charge in [0.15, 0.2) is 0 Å². The molecule has 0 bridgehead atoms. The first-order valence-corrected chi connectivity index (χ1v) is 5.26. The van der Waals surface area contributed by atoms with E-state index in [0.717, 1.165) is 5.56 Å². The van der Waals surface area contributed by atoms with Crippen molar-refractivity contribution in [2.75, 3.05) is 0 Å². The van der Waals surface area contributed by atoms with E-state index in [2.05, 4.69) is 15.4 Å². The van der Waals surface area contributed by atoms with Crippen molar-refractivity contribution in [2.45, 2.75) is 6.04 Å². The molecule has 17 heavy (non-hydrogen) atoms. The minimum atomic E-state index is -0.390. The summed E-state index contributed by atoms with van der Waals surface area (Å²) >= 11 is 5.98. The van der Waals surface area contributed by atoms with Crippen LogP contribution in [0.25, 0.3) is 0 Å². The van der Waals surface area contributed by atoms with Crippen molar-refractivity contribution in [1.29, 1.82) is 0 Å². The number of nitrogens with zero attached hydrogens (tertiary/aromatic N) is 2. The van der Waals surface area contributed by atoms with Gasteiger partial charge in [-0.25, -0.2) is 19.8 Å². The fourth-order valence-electron chi connectivity index (χ4n) is 1.56. The minimum Gasteiger partial charge on any atom is -0.271 e. The third kappa shape index (κ3) is 2.58. The number of nitrogens with one attached hydrogen (secondary N) is 1. The molecule has 0 saturated carbocycles. The predicted octanol–water partition coefficient (Wildman–Crippen LogP) is 1.82. The Morgan fingerprint density at radius 1 is 1.29 bits per heavy atom. The number of halogens is 2. The predicted molar refractivity (Wildman–Crippen MR) is 62.6 cm³/mol. The maximum atomic E-state index is 13.0. The van der Waals surface area contributed by atoms with Crippen molar-refractivity contribution in [1.82, 2.24) is 15.4 Å². The van der Waals surface area contributed by atoms with E-state index in [1.807, 2.05) is 0 Å². The lowest BCUT2D eigenvalue weighted by Crippen LogP contribution is -2.29. The van der Waals surface area contributed by atoms with E-state index < -0.39 is 0 Å². The van der Waals surface area contributed by atoms with E-state index in [-0.39, 0.29) is 11.9 Å². The van der Waals surface area contributed by atoms with Crippen LogP contribution < -0.4 is 11.3 Å². The van der Waals surface area contributed by atoms with Gasteiger partial charge in [-0.1, -0.05) is 17.7 Å². The van der Waals surface area contributed by atoms with E-state index in [1.165, 1.54) is 18.5 Å². The molecular formula is C11H10ClFN4. The lowest BCUT2D eigenvalue weighted by atomic mass is 10.0. The SMILES string of the molecule is NNC(c1cncnc1)c1ccc(F)cc1Cl. The van der Waals surface area contributed by atoms with Crippen molar-refractivity contribution >= 4 is 11.6 Å². The average molecular weight is 253 g/mol. The van der Waals surface area contributed by atoms with Crippen molar-refractivity contribution in [3.8, 4) is 0 Å². The van der Waals surface area contributed by atoms with Gasteiger partial charge in [0.25, 0.3) is 0 Å². The maximum absolute atomic E-state index is 13.0. The van der Waals surface area contributed by atoms with Crippen LogP contribution in [0.4, 0.5) is 4.39 Å². The molecule has 2 aromatic rings. The fraction of sp³-hybridized carbons (Fsp3) is 0.0909. The Bertz CT molecular complexity index is 506. The van der Waals surface area contributed by atoms with Crippen LogP contribution in [0.2, 0.25) is 5.02 Å². The zero-order valence-electron chi connectivity index (χ0n) is 8.77. The number of hydrogen-bond donors (Lipinski definition) is 2. The minimum absolute atomic E-state index is 0.303. The van der Waals surface area contributed by atoms with Gasteiger partial charge in [-0.05, 0) is 17.7 Å². The summed E-state index contributed by atoms with van der Waals surface area (Å²) in [4.78, 5) is 7.80. The summed E-state index contributed by atoms with van der Waals surface area (Å²) in [6.07, 6.45) is 4.66. The lowest BCUT2D eigenvalue weighted by Gasteiger charge is -2.17. The van der Waals surface area contributed by atoms with Crippen LogP contribution in [0.15, 0.2) is 36.9 Å². The molecule has 0 fully saturated rings. The van der Waals surface area contributed by atoms with Crippen molar-refractivity contribution in [3.05, 3.63) is 58.9 Å². The zero-order valence-corrected chi connectivity index (χ0v) is 9.53. The van der Waals surface area contributed by atoms with Gasteiger partial charge in [0.2, 0.25) is 0 Å². The summed E-state index contributed by atoms with van der Waals surface area (Å²) in [5.41, 5.74) is 4.03. The first-order chi connectivity index (χ1) is 8.22. The van der Waals surface area contributed by atoms with Gasteiger partial charge >= 0.3 is 0 Å². The molecule has 1 aromatic carbocycles. The second-order valence-electron chi connectivity index (χ2n) is 3.44. The summed E-state index contributed by atoms with van der Waals surface area (Å²) < 4.78 is 13.0. The highest BCUT2D eigenvalue weighted by molar-refractivity contribution is 6.31. The van der Waals surface area contributed by atoms with Gasteiger partial charge in [0.05, 0.1) is 6.04 Å². The summed E-state index contributed by atoms with van der Waals surface area (Å²) in [5.74, 6) is 5.10. The highest BCUT2D eigenvalue weighted by atomic mass is 35.5. The highest BCUT2D eigenvalue weighted by Gasteiger charge is 2.16. The molecule has 0 aliphatic carbocycles. The van der Waals surface area contributed by atoms with E-state index >= 15 is 0 Å². The molecule has 0 radical (unpaired) electrons. The van der Waals surface area contributed by atoms with Crippen LogP contribution in [0.1, 0.15) is 17.2 Å². The maximum Gasteiger partial charge on any atom is 0.124 e. The molecule has 0 aliphatic heterocycles. The molecule has 2 rings (SSSR count). The molecule has 6 heteroatoms. The molecule has 88 valence electrons. The standard InChI is InChI=1S/C11H10ClFN4/c12-10-3-8(13)1-2-9(10)11(17-14)7-4-15-6-16-5-7/h1-6,11,17H,14H2. The topological polar surface area (TPSA) is 63.8 Å². The Morgan fingerprint density at radius 3 is 2.59 bits per heavy atom. The Balaban J connectivity index is 2.42. The second-order valence-corrected chi connectivity index (χ2v) is 3.84. The quantitative estimate of drug-likeness (QED) is 0.646. The number of hydrogen-bond acceptors (Lipinski definition) is 4. The number of nitrogens with two attached hydrogens (primary N) is 1. The smallest absolute Gasteiger partial charge is 0.124 e. The van der Waals surface area contributed by atoms with Crippen LogP contribution in [0, 0.1) is 5.82 Å². The summed E-state index contributed by atoms with van der Waals surface area (Å²) in [5, 5.41) is 0.303. The Morgan fingerprint density at radius 2 is 2.00 bits per heavy atom. The molecule has 3 N–H and O–H groups in total. The third-order valence-corrected chi connectivity index (χ3v) is 2.68. The molecule has 4 nitrogen and oxygen atoms in total. The van der Waals surface area contributed by atoms with Gasteiger partial charge in [0, 0.05) is 23.0 Å². The van der Waals surface area contributed by atoms with Gasteiger partial charge in [-0.2, -0.15) is 0 Å². The van der Waals surface area contributed by atoms with E-state index in [1.54, 1.807) is 18.5 Å². The van der Waals surface area contributed by atoms with Gasteiger partial charge in [-0.3, -0.25) is 5.84 Å². The zero-order chi connectivity index (χ0) is 12.3. The lowest BCUT2D eigenvalue weighted by molar-refractivity contribution is 0.614. The van der Waals surface area contributed by atoms with Gasteiger partial charge in [0.1, 0.15) is 12.1 Å². The summed E-state index contributed by atoms with van der Waals surface area (Å²) in [6, 6.07) is 3.78. The van der Waals surface area contributed by atoms with Crippen LogP contribution in [-0.4, -0.2) is 9.97 Å². The molecule has 1 aromatic heterocycles. The molecule has 1 atom stereocenters. The molecule has 1 unspecified atom stereocenters. The Hall–Kier alpha value is -1.56. The fourth-order valence-corrected chi connectivity index (χ4v) is 1.84. The Kier molecular flexibility index (Phi) is 3.63. The normalized spacial score (nSPS) is 12.4. The number of hydrazine groups is 1. The van der Waals surface area contributed by atoms with Gasteiger partial charge in [-0.15, -0.1) is 0 Å². The first kappa shape index (κ1) is 11.9. The average Bonchev–Trinajstić information content (AvgIpc) is 2.34. The van der Waals surface area contributed by atoms with Crippen molar-refractivity contribution in [3.63, 3.8) is 0 Å². The van der Waals surface area contributed by atoms with E-state index in [9.17, 15) is 4.39 Å². The van der Waals surface area contributed by atoms with Crippen molar-refractivity contribution in [2.24, 2.45) is 5.84 Å². The highest BCUT2D eigenvalue weighted by Crippen LogP contribution is 2.27. The third-order valence-electron chi connectivity index (χ3n) is 2.35. The summed E-state index contributed by atoms with van der Waals surface area (Å²) in [7, 11) is 0. The first-order valence-electron chi connectivity index (χ1n) is 4.88. The summed E-state index contributed by atoms with van der Waals surface area (Å²) in [6.45, 7) is 0. The molecule has 0 spiro atoms. The Labute approximate surface area is 103 Å². The molecule has 0 saturated heterocycles. The van der Waals surface area contributed by atoms with Crippen LogP contribution in [0.3, 0.4) is 0 Å². The monoisotopic (exact) mass is 252 g/mol. The number of benzene rings is 1. The van der Waals surface area contributed by atoms with E-state index in [0.29, 0.717) is 10.6 Å². The molecular weight excluding hydrogens is 243 g/mol. The largest absolute Gasteiger partial charge is 0.271 e. The molecule has 0 aliphatic rings. The van der Waals surface area contributed by atoms with Crippen molar-refractivity contribution < 1.29 is 4.39 Å². The number of aromatic nitrogens is 2. The number of rotatable bonds is 3. The molecule has 0 amide bonds. The molecule has 1 heterocycles. The van der Waals surface area contributed by atoms with Crippen LogP contribution >= 0.6 is 11.6 Å². The van der Waals surface area contributed by atoms with E-state index in [4.69, 9.17) is 17.4 Å². The van der Waals surface area contributed by atoms with Gasteiger partial charge < -0.3 is 0 Å². The van der Waals surface area contributed by atoms with Crippen LogP contribution in [-0.2, 0) is 0 Å².